The lowest BCUT2D eigenvalue weighted by Crippen LogP contribution is -2.48. The molecule has 3 nitrogen and oxygen atoms in total. The fourth-order valence-corrected chi connectivity index (χ4v) is 2.88. The smallest absolute Gasteiger partial charge is 0.0724 e. The number of nitrogens with zero attached hydrogens (tertiary/aromatic N) is 1. The number of hydrogen-bond donors (Lipinski definition) is 1. The molecule has 0 amide bonds. The van der Waals surface area contributed by atoms with E-state index in [4.69, 9.17) is 10.5 Å². The van der Waals surface area contributed by atoms with Crippen molar-refractivity contribution in [1.29, 1.82) is 0 Å². The molecule has 3 atom stereocenters. The van der Waals surface area contributed by atoms with Crippen LogP contribution in [0.15, 0.2) is 30.3 Å². The number of benzene rings is 1. The summed E-state index contributed by atoms with van der Waals surface area (Å²) >= 11 is 0. The van der Waals surface area contributed by atoms with Crippen LogP contribution >= 0.6 is 0 Å². The monoisotopic (exact) mass is 262 g/mol. The van der Waals surface area contributed by atoms with Crippen LogP contribution in [0.1, 0.15) is 18.9 Å². The fourth-order valence-electron chi connectivity index (χ4n) is 2.88. The van der Waals surface area contributed by atoms with Crippen molar-refractivity contribution in [2.75, 3.05) is 26.7 Å². The van der Waals surface area contributed by atoms with Crippen molar-refractivity contribution in [1.82, 2.24) is 4.90 Å². The van der Waals surface area contributed by atoms with Crippen molar-refractivity contribution < 1.29 is 4.74 Å². The SMILES string of the molecule is COC1CN(CC(N)Cc2ccccc2)CCC1C. The van der Waals surface area contributed by atoms with Gasteiger partial charge in [-0.25, -0.2) is 0 Å². The zero-order chi connectivity index (χ0) is 13.7. The maximum absolute atomic E-state index is 6.28. The van der Waals surface area contributed by atoms with Gasteiger partial charge in [-0.1, -0.05) is 37.3 Å². The van der Waals surface area contributed by atoms with Crippen LogP contribution in [-0.2, 0) is 11.2 Å². The zero-order valence-corrected chi connectivity index (χ0v) is 12.1. The highest BCUT2D eigenvalue weighted by Crippen LogP contribution is 2.19. The molecule has 106 valence electrons. The minimum Gasteiger partial charge on any atom is -0.380 e. The highest BCUT2D eigenvalue weighted by Gasteiger charge is 2.26. The first-order valence-electron chi connectivity index (χ1n) is 7.23. The summed E-state index contributed by atoms with van der Waals surface area (Å²) < 4.78 is 5.55. The van der Waals surface area contributed by atoms with E-state index >= 15 is 0 Å². The molecule has 1 aliphatic rings. The number of likely N-dealkylation sites (tertiary alicyclic amines) is 1. The van der Waals surface area contributed by atoms with Crippen molar-refractivity contribution in [3.63, 3.8) is 0 Å². The molecule has 1 fully saturated rings. The summed E-state index contributed by atoms with van der Waals surface area (Å²) in [6.07, 6.45) is 2.51. The molecule has 0 spiro atoms. The van der Waals surface area contributed by atoms with Gasteiger partial charge in [-0.15, -0.1) is 0 Å². The molecule has 0 radical (unpaired) electrons. The molecular formula is C16H26N2O. The lowest BCUT2D eigenvalue weighted by Gasteiger charge is -2.37. The number of nitrogens with two attached hydrogens (primary N) is 1. The Labute approximate surface area is 116 Å². The molecule has 0 aliphatic carbocycles. The summed E-state index contributed by atoms with van der Waals surface area (Å²) in [5.74, 6) is 0.659. The average molecular weight is 262 g/mol. The predicted molar refractivity (Wildman–Crippen MR) is 79.1 cm³/mol. The normalized spacial score (nSPS) is 26.3. The summed E-state index contributed by atoms with van der Waals surface area (Å²) in [6.45, 7) is 5.39. The third-order valence-corrected chi connectivity index (χ3v) is 4.11. The average Bonchev–Trinajstić information content (AvgIpc) is 2.42. The number of hydrogen-bond acceptors (Lipinski definition) is 3. The van der Waals surface area contributed by atoms with E-state index in [1.807, 2.05) is 13.2 Å². The van der Waals surface area contributed by atoms with E-state index in [-0.39, 0.29) is 6.04 Å². The summed E-state index contributed by atoms with van der Waals surface area (Å²) in [5, 5.41) is 0. The highest BCUT2D eigenvalue weighted by molar-refractivity contribution is 5.15. The second-order valence-electron chi connectivity index (χ2n) is 5.75. The van der Waals surface area contributed by atoms with Crippen molar-refractivity contribution in [2.45, 2.75) is 31.9 Å². The van der Waals surface area contributed by atoms with E-state index in [2.05, 4.69) is 36.1 Å². The van der Waals surface area contributed by atoms with E-state index in [1.165, 1.54) is 12.0 Å². The van der Waals surface area contributed by atoms with Gasteiger partial charge in [0.25, 0.3) is 0 Å². The molecule has 0 aromatic heterocycles. The largest absolute Gasteiger partial charge is 0.380 e. The Morgan fingerprint density at radius 1 is 1.37 bits per heavy atom. The van der Waals surface area contributed by atoms with Gasteiger partial charge in [-0.05, 0) is 30.9 Å². The van der Waals surface area contributed by atoms with Crippen LogP contribution in [0.25, 0.3) is 0 Å². The van der Waals surface area contributed by atoms with Crippen molar-refractivity contribution in [3.8, 4) is 0 Å². The molecule has 3 unspecified atom stereocenters. The number of methoxy groups -OCH3 is 1. The molecule has 1 aromatic carbocycles. The van der Waals surface area contributed by atoms with Gasteiger partial charge in [0.1, 0.15) is 0 Å². The standard InChI is InChI=1S/C16H26N2O/c1-13-8-9-18(12-16(13)19-2)11-15(17)10-14-6-4-3-5-7-14/h3-7,13,15-16H,8-12,17H2,1-2H3. The van der Waals surface area contributed by atoms with E-state index in [0.29, 0.717) is 12.0 Å². The van der Waals surface area contributed by atoms with Gasteiger partial charge in [0, 0.05) is 26.2 Å². The Balaban J connectivity index is 1.81. The van der Waals surface area contributed by atoms with Gasteiger partial charge < -0.3 is 10.5 Å². The third kappa shape index (κ3) is 4.30. The van der Waals surface area contributed by atoms with Gasteiger partial charge in [-0.3, -0.25) is 4.90 Å². The molecular weight excluding hydrogens is 236 g/mol. The summed E-state index contributed by atoms with van der Waals surface area (Å²) in [5.41, 5.74) is 7.60. The molecule has 3 heteroatoms. The maximum atomic E-state index is 6.28. The van der Waals surface area contributed by atoms with Crippen LogP contribution < -0.4 is 5.73 Å². The summed E-state index contributed by atoms with van der Waals surface area (Å²) in [4.78, 5) is 2.45. The number of ether oxygens (including phenoxy) is 1. The second-order valence-corrected chi connectivity index (χ2v) is 5.75. The van der Waals surface area contributed by atoms with Crippen LogP contribution in [0.4, 0.5) is 0 Å². The molecule has 0 saturated carbocycles. The number of rotatable bonds is 5. The minimum atomic E-state index is 0.202. The Morgan fingerprint density at radius 2 is 2.11 bits per heavy atom. The Kier molecular flexibility index (Phi) is 5.37. The Bertz CT molecular complexity index is 368. The lowest BCUT2D eigenvalue weighted by molar-refractivity contribution is -0.00634. The van der Waals surface area contributed by atoms with Crippen LogP contribution in [0, 0.1) is 5.92 Å². The van der Waals surface area contributed by atoms with E-state index < -0.39 is 0 Å². The molecule has 2 rings (SSSR count). The van der Waals surface area contributed by atoms with Crippen molar-refractivity contribution in [2.24, 2.45) is 11.7 Å². The fraction of sp³-hybridized carbons (Fsp3) is 0.625. The lowest BCUT2D eigenvalue weighted by atomic mass is 9.95. The van der Waals surface area contributed by atoms with Crippen LogP contribution in [0.5, 0.6) is 0 Å². The Morgan fingerprint density at radius 3 is 2.79 bits per heavy atom. The first-order chi connectivity index (χ1) is 9.19. The minimum absolute atomic E-state index is 0.202. The summed E-state index contributed by atoms with van der Waals surface area (Å²) in [7, 11) is 1.81. The van der Waals surface area contributed by atoms with Crippen molar-refractivity contribution >= 4 is 0 Å². The topological polar surface area (TPSA) is 38.5 Å². The molecule has 1 heterocycles. The van der Waals surface area contributed by atoms with Crippen molar-refractivity contribution in [3.05, 3.63) is 35.9 Å². The second kappa shape index (κ2) is 7.04. The molecule has 2 N–H and O–H groups in total. The van der Waals surface area contributed by atoms with Gasteiger partial charge in [0.05, 0.1) is 6.10 Å². The van der Waals surface area contributed by atoms with Crippen LogP contribution in [0.2, 0.25) is 0 Å². The molecule has 1 aromatic rings. The maximum Gasteiger partial charge on any atom is 0.0724 e. The van der Waals surface area contributed by atoms with E-state index in [1.54, 1.807) is 0 Å². The predicted octanol–water partition coefficient (Wildman–Crippen LogP) is 1.91. The molecule has 1 aliphatic heterocycles. The van der Waals surface area contributed by atoms with Gasteiger partial charge in [0.2, 0.25) is 0 Å². The van der Waals surface area contributed by atoms with E-state index in [0.717, 1.165) is 26.1 Å². The third-order valence-electron chi connectivity index (χ3n) is 4.11. The first-order valence-corrected chi connectivity index (χ1v) is 7.23. The van der Waals surface area contributed by atoms with Gasteiger partial charge in [0.15, 0.2) is 0 Å². The summed E-state index contributed by atoms with van der Waals surface area (Å²) in [6, 6.07) is 10.7. The molecule has 0 bridgehead atoms. The Hall–Kier alpha value is -0.900. The van der Waals surface area contributed by atoms with Gasteiger partial charge >= 0.3 is 0 Å². The van der Waals surface area contributed by atoms with Gasteiger partial charge in [-0.2, -0.15) is 0 Å². The van der Waals surface area contributed by atoms with Crippen LogP contribution in [0.3, 0.4) is 0 Å². The van der Waals surface area contributed by atoms with E-state index in [9.17, 15) is 0 Å². The molecule has 1 saturated heterocycles. The zero-order valence-electron chi connectivity index (χ0n) is 12.1. The number of piperidine rings is 1. The quantitative estimate of drug-likeness (QED) is 0.881. The van der Waals surface area contributed by atoms with Crippen LogP contribution in [-0.4, -0.2) is 43.8 Å². The molecule has 19 heavy (non-hydrogen) atoms. The first kappa shape index (κ1) is 14.5. The highest BCUT2D eigenvalue weighted by atomic mass is 16.5.